The van der Waals surface area contributed by atoms with Gasteiger partial charge in [0.2, 0.25) is 0 Å². The molecule has 0 aliphatic heterocycles. The number of rotatable bonds is 4. The molecule has 1 aliphatic rings. The summed E-state index contributed by atoms with van der Waals surface area (Å²) in [4.78, 5) is 28.7. The quantitative estimate of drug-likeness (QED) is 0.736. The van der Waals surface area contributed by atoms with Crippen LogP contribution in [0.3, 0.4) is 0 Å². The molecule has 0 saturated heterocycles. The van der Waals surface area contributed by atoms with Crippen molar-refractivity contribution in [3.05, 3.63) is 47.8 Å². The van der Waals surface area contributed by atoms with E-state index in [-0.39, 0.29) is 12.2 Å². The molecule has 7 heteroatoms. The van der Waals surface area contributed by atoms with Crippen LogP contribution < -0.4 is 5.73 Å². The van der Waals surface area contributed by atoms with Gasteiger partial charge in [0, 0.05) is 28.8 Å². The summed E-state index contributed by atoms with van der Waals surface area (Å²) in [6.45, 7) is 1.88. The lowest BCUT2D eigenvalue weighted by atomic mass is 9.67. The van der Waals surface area contributed by atoms with E-state index in [0.29, 0.717) is 36.3 Å². The Kier molecular flexibility index (Phi) is 3.95. The number of carbonyl (C=O) groups is 2. The smallest absolute Gasteiger partial charge is 0.304 e. The molecular weight excluding hydrogens is 344 g/mol. The molecule has 1 aromatic carbocycles. The van der Waals surface area contributed by atoms with E-state index < -0.39 is 11.4 Å². The second-order valence-corrected chi connectivity index (χ2v) is 7.06. The highest BCUT2D eigenvalue weighted by Gasteiger charge is 2.42. The Bertz CT molecular complexity index is 1070. The van der Waals surface area contributed by atoms with Crippen molar-refractivity contribution in [1.82, 2.24) is 14.6 Å². The number of carboxylic acid groups (broad SMARTS) is 1. The maximum Gasteiger partial charge on any atom is 0.304 e. The molecule has 4 rings (SSSR count). The highest BCUT2D eigenvalue weighted by molar-refractivity contribution is 6.04. The van der Waals surface area contributed by atoms with Crippen molar-refractivity contribution in [3.63, 3.8) is 0 Å². The maximum absolute atomic E-state index is 13.0. The Hall–Kier alpha value is -3.22. The van der Waals surface area contributed by atoms with Crippen molar-refractivity contribution in [3.8, 4) is 11.1 Å². The van der Waals surface area contributed by atoms with Crippen molar-refractivity contribution in [2.45, 2.75) is 32.6 Å². The number of aromatic nitrogens is 3. The molecule has 138 valence electrons. The summed E-state index contributed by atoms with van der Waals surface area (Å²) in [7, 11) is 0. The van der Waals surface area contributed by atoms with Gasteiger partial charge in [0.05, 0.1) is 12.6 Å². The number of carboxylic acids is 1. The van der Waals surface area contributed by atoms with Crippen LogP contribution in [0.15, 0.2) is 36.7 Å². The number of fused-ring (bicyclic) bond motifs is 2. The van der Waals surface area contributed by atoms with Gasteiger partial charge in [-0.2, -0.15) is 9.61 Å². The van der Waals surface area contributed by atoms with Gasteiger partial charge >= 0.3 is 5.97 Å². The molecule has 2 heterocycles. The fourth-order valence-corrected chi connectivity index (χ4v) is 4.00. The zero-order chi connectivity index (χ0) is 19.2. The van der Waals surface area contributed by atoms with E-state index in [1.807, 2.05) is 19.1 Å². The summed E-state index contributed by atoms with van der Waals surface area (Å²) in [6, 6.07) is 7.35. The molecule has 1 atom stereocenters. The minimum Gasteiger partial charge on any atom is -0.481 e. The van der Waals surface area contributed by atoms with Crippen LogP contribution in [0.5, 0.6) is 0 Å². The van der Waals surface area contributed by atoms with E-state index in [9.17, 15) is 14.7 Å². The average molecular weight is 364 g/mol. The topological polar surface area (TPSA) is 111 Å². The largest absolute Gasteiger partial charge is 0.481 e. The fraction of sp³-hybridized carbons (Fsp3) is 0.300. The van der Waals surface area contributed by atoms with Gasteiger partial charge in [0.1, 0.15) is 5.82 Å². The minimum atomic E-state index is -0.934. The number of hydrogen-bond donors (Lipinski definition) is 2. The molecule has 0 bridgehead atoms. The van der Waals surface area contributed by atoms with Crippen LogP contribution in [-0.4, -0.2) is 31.5 Å². The number of nitrogens with zero attached hydrogens (tertiary/aromatic N) is 3. The van der Waals surface area contributed by atoms with E-state index in [2.05, 4.69) is 10.1 Å². The van der Waals surface area contributed by atoms with E-state index >= 15 is 0 Å². The van der Waals surface area contributed by atoms with Crippen LogP contribution in [0.4, 0.5) is 5.82 Å². The van der Waals surface area contributed by atoms with Crippen molar-refractivity contribution < 1.29 is 14.7 Å². The van der Waals surface area contributed by atoms with Crippen molar-refractivity contribution in [1.29, 1.82) is 0 Å². The molecule has 3 N–H and O–H groups in total. The Morgan fingerprint density at radius 3 is 2.89 bits per heavy atom. The zero-order valence-electron chi connectivity index (χ0n) is 15.0. The second kappa shape index (κ2) is 6.19. The highest BCUT2D eigenvalue weighted by atomic mass is 16.4. The van der Waals surface area contributed by atoms with Gasteiger partial charge in [-0.3, -0.25) is 9.59 Å². The summed E-state index contributed by atoms with van der Waals surface area (Å²) in [6.07, 6.45) is 4.94. The molecule has 0 fully saturated rings. The summed E-state index contributed by atoms with van der Waals surface area (Å²) in [5.41, 5.74) is 9.26. The average Bonchev–Trinajstić information content (AvgIpc) is 3.14. The first-order valence-electron chi connectivity index (χ1n) is 8.93. The van der Waals surface area contributed by atoms with Crippen LogP contribution in [0.1, 0.15) is 42.1 Å². The number of carbonyl (C=O) groups excluding carboxylic acids is 1. The maximum atomic E-state index is 13.0. The molecule has 0 radical (unpaired) electrons. The molecule has 3 aromatic rings. The molecule has 0 spiro atoms. The monoisotopic (exact) mass is 364 g/mol. The molecule has 0 saturated carbocycles. The summed E-state index contributed by atoms with van der Waals surface area (Å²) in [5, 5.41) is 13.4. The molecule has 1 unspecified atom stereocenters. The van der Waals surface area contributed by atoms with Gasteiger partial charge in [-0.05, 0) is 30.4 Å². The number of aryl methyl sites for hydroxylation is 1. The lowest BCUT2D eigenvalue weighted by Crippen LogP contribution is -2.37. The third kappa shape index (κ3) is 2.66. The van der Waals surface area contributed by atoms with Crippen molar-refractivity contribution >= 4 is 23.2 Å². The summed E-state index contributed by atoms with van der Waals surface area (Å²) < 4.78 is 1.58. The van der Waals surface area contributed by atoms with Crippen LogP contribution >= 0.6 is 0 Å². The number of Topliss-reactive ketones (excluding diaryl/α,β-unsaturated/α-hetero) is 1. The van der Waals surface area contributed by atoms with Crippen LogP contribution in [0.25, 0.3) is 16.8 Å². The SMILES string of the molecule is CCC1(CC(=O)O)CCc2cc(-c3cnc4ccnn4c3N)ccc2C1=O. The molecule has 2 aromatic heterocycles. The first-order chi connectivity index (χ1) is 12.9. The van der Waals surface area contributed by atoms with Crippen molar-refractivity contribution in [2.24, 2.45) is 5.41 Å². The fourth-order valence-electron chi connectivity index (χ4n) is 4.00. The second-order valence-electron chi connectivity index (χ2n) is 7.06. The predicted molar refractivity (Wildman–Crippen MR) is 100 cm³/mol. The Balaban J connectivity index is 1.76. The van der Waals surface area contributed by atoms with Crippen molar-refractivity contribution in [2.75, 3.05) is 5.73 Å². The Morgan fingerprint density at radius 2 is 2.15 bits per heavy atom. The number of nitrogen functional groups attached to an aromatic ring is 1. The zero-order valence-corrected chi connectivity index (χ0v) is 15.0. The highest BCUT2D eigenvalue weighted by Crippen LogP contribution is 2.42. The molecule has 7 nitrogen and oxygen atoms in total. The van der Waals surface area contributed by atoms with Gasteiger partial charge in [-0.15, -0.1) is 0 Å². The number of nitrogens with two attached hydrogens (primary N) is 1. The van der Waals surface area contributed by atoms with Gasteiger partial charge < -0.3 is 10.8 Å². The summed E-state index contributed by atoms with van der Waals surface area (Å²) in [5.74, 6) is -0.522. The standard InChI is InChI=1S/C20H20N4O3/c1-2-20(10-17(25)26)7-5-13-9-12(3-4-14(13)18(20)27)15-11-22-16-6-8-23-24(16)19(15)21/h3-4,6,8-9,11H,2,5,7,10,21H2,1H3,(H,25,26). The normalized spacial score (nSPS) is 19.2. The number of aliphatic carboxylic acids is 1. The first kappa shape index (κ1) is 17.2. The number of ketones is 1. The van der Waals surface area contributed by atoms with Gasteiger partial charge in [0.15, 0.2) is 11.4 Å². The molecular formula is C20H20N4O3. The lowest BCUT2D eigenvalue weighted by molar-refractivity contribution is -0.139. The van der Waals surface area contributed by atoms with Crippen LogP contribution in [-0.2, 0) is 11.2 Å². The first-order valence-corrected chi connectivity index (χ1v) is 8.93. The third-order valence-corrected chi connectivity index (χ3v) is 5.63. The number of anilines is 1. The van der Waals surface area contributed by atoms with Gasteiger partial charge in [-0.1, -0.05) is 25.1 Å². The van der Waals surface area contributed by atoms with E-state index in [1.165, 1.54) is 0 Å². The molecule has 1 aliphatic carbocycles. The summed E-state index contributed by atoms with van der Waals surface area (Å²) >= 11 is 0. The van der Waals surface area contributed by atoms with Gasteiger partial charge in [-0.25, -0.2) is 4.98 Å². The predicted octanol–water partition coefficient (Wildman–Crippen LogP) is 2.98. The Morgan fingerprint density at radius 1 is 1.33 bits per heavy atom. The number of benzene rings is 1. The number of hydrogen-bond acceptors (Lipinski definition) is 5. The Labute approximate surface area is 155 Å². The minimum absolute atomic E-state index is 0.0752. The van der Waals surface area contributed by atoms with E-state index in [1.54, 1.807) is 29.0 Å². The van der Waals surface area contributed by atoms with Crippen LogP contribution in [0, 0.1) is 5.41 Å². The van der Waals surface area contributed by atoms with Crippen LogP contribution in [0.2, 0.25) is 0 Å². The third-order valence-electron chi connectivity index (χ3n) is 5.63. The van der Waals surface area contributed by atoms with Gasteiger partial charge in [0.25, 0.3) is 0 Å². The van der Waals surface area contributed by atoms with E-state index in [0.717, 1.165) is 16.7 Å². The molecule has 27 heavy (non-hydrogen) atoms. The lowest BCUT2D eigenvalue weighted by Gasteiger charge is -2.35. The molecule has 0 amide bonds. The van der Waals surface area contributed by atoms with E-state index in [4.69, 9.17) is 5.73 Å².